The molecule has 0 heterocycles. The Morgan fingerprint density at radius 3 is 2.06 bits per heavy atom. The molecule has 7 heteroatoms. The van der Waals surface area contributed by atoms with E-state index in [1.165, 1.54) is 12.1 Å². The zero-order valence-corrected chi connectivity index (χ0v) is 19.2. The second-order valence-electron chi connectivity index (χ2n) is 7.48. The van der Waals surface area contributed by atoms with Crippen LogP contribution in [0.25, 0.3) is 0 Å². The highest BCUT2D eigenvalue weighted by Gasteiger charge is 2.29. The summed E-state index contributed by atoms with van der Waals surface area (Å²) in [4.78, 5) is 13.0. The minimum atomic E-state index is -4.01. The van der Waals surface area contributed by atoms with Crippen LogP contribution < -0.4 is 9.62 Å². The number of carbonyl (C=O) groups excluding carboxylic acids is 1. The van der Waals surface area contributed by atoms with Crippen LogP contribution >= 0.6 is 11.6 Å². The number of amides is 1. The molecule has 0 aromatic heterocycles. The lowest BCUT2D eigenvalue weighted by Crippen LogP contribution is -2.41. The van der Waals surface area contributed by atoms with E-state index in [1.54, 1.807) is 36.4 Å². The smallest absolute Gasteiger partial charge is 0.264 e. The zero-order chi connectivity index (χ0) is 22.6. The lowest BCUT2D eigenvalue weighted by atomic mass is 10.1. The standard InChI is InChI=1S/C24H25ClN2O3S/c1-17-8-12-20(13-9-17)19(3)26-24(28)16-27(23-7-5-4-6-22(23)25)31(29,30)21-14-10-18(2)11-15-21/h4-15,19H,16H2,1-3H3,(H,26,28). The molecule has 1 amide bonds. The fourth-order valence-electron chi connectivity index (χ4n) is 3.15. The van der Waals surface area contributed by atoms with Crippen LogP contribution in [0.3, 0.4) is 0 Å². The number of nitrogens with one attached hydrogen (secondary N) is 1. The van der Waals surface area contributed by atoms with Crippen molar-refractivity contribution in [2.24, 2.45) is 0 Å². The van der Waals surface area contributed by atoms with Gasteiger partial charge in [0, 0.05) is 0 Å². The van der Waals surface area contributed by atoms with E-state index in [0.29, 0.717) is 0 Å². The molecule has 0 aliphatic rings. The van der Waals surface area contributed by atoms with Gasteiger partial charge in [0.2, 0.25) is 5.91 Å². The molecule has 3 aromatic rings. The Kier molecular flexibility index (Phi) is 7.03. The van der Waals surface area contributed by atoms with Gasteiger partial charge >= 0.3 is 0 Å². The monoisotopic (exact) mass is 456 g/mol. The van der Waals surface area contributed by atoms with Gasteiger partial charge in [0.25, 0.3) is 10.0 Å². The first-order valence-corrected chi connectivity index (χ1v) is 11.7. The molecule has 0 fully saturated rings. The molecule has 0 spiro atoms. The van der Waals surface area contributed by atoms with Crippen LogP contribution in [0.15, 0.2) is 77.7 Å². The Morgan fingerprint density at radius 1 is 0.935 bits per heavy atom. The van der Waals surface area contributed by atoms with E-state index in [2.05, 4.69) is 5.32 Å². The normalized spacial score (nSPS) is 12.3. The highest BCUT2D eigenvalue weighted by molar-refractivity contribution is 7.92. The molecule has 1 unspecified atom stereocenters. The highest BCUT2D eigenvalue weighted by Crippen LogP contribution is 2.30. The van der Waals surface area contributed by atoms with Gasteiger partial charge < -0.3 is 5.32 Å². The minimum absolute atomic E-state index is 0.0948. The van der Waals surface area contributed by atoms with Crippen LogP contribution in [-0.4, -0.2) is 20.9 Å². The summed E-state index contributed by atoms with van der Waals surface area (Å²) in [5, 5.41) is 3.13. The van der Waals surface area contributed by atoms with Crippen LogP contribution in [0.5, 0.6) is 0 Å². The molecule has 0 aliphatic carbocycles. The average molecular weight is 457 g/mol. The minimum Gasteiger partial charge on any atom is -0.348 e. The Labute approximate surface area is 188 Å². The fourth-order valence-corrected chi connectivity index (χ4v) is 4.87. The van der Waals surface area contributed by atoms with E-state index in [9.17, 15) is 13.2 Å². The highest BCUT2D eigenvalue weighted by atomic mass is 35.5. The van der Waals surface area contributed by atoms with E-state index >= 15 is 0 Å². The van der Waals surface area contributed by atoms with Crippen molar-refractivity contribution >= 4 is 33.2 Å². The number of halogens is 1. The third-order valence-corrected chi connectivity index (χ3v) is 7.07. The molecule has 1 atom stereocenters. The number of benzene rings is 3. The van der Waals surface area contributed by atoms with Gasteiger partial charge in [0.05, 0.1) is 21.6 Å². The Hall–Kier alpha value is -2.83. The molecule has 0 aliphatic heterocycles. The van der Waals surface area contributed by atoms with Crippen molar-refractivity contribution in [3.05, 3.63) is 94.5 Å². The number of carbonyl (C=O) groups is 1. The summed E-state index contributed by atoms with van der Waals surface area (Å²) in [5.41, 5.74) is 3.25. The summed E-state index contributed by atoms with van der Waals surface area (Å²) in [7, 11) is -4.01. The van der Waals surface area contributed by atoms with Gasteiger partial charge in [-0.15, -0.1) is 0 Å². The predicted octanol–water partition coefficient (Wildman–Crippen LogP) is 5.03. The number of aryl methyl sites for hydroxylation is 2. The van der Waals surface area contributed by atoms with Crippen molar-refractivity contribution in [2.75, 3.05) is 10.8 Å². The molecule has 162 valence electrons. The summed E-state index contributed by atoms with van der Waals surface area (Å²) in [6.45, 7) is 5.33. The van der Waals surface area contributed by atoms with E-state index in [1.807, 2.05) is 45.0 Å². The van der Waals surface area contributed by atoms with Crippen molar-refractivity contribution in [3.8, 4) is 0 Å². The van der Waals surface area contributed by atoms with Gasteiger partial charge in [-0.2, -0.15) is 0 Å². The molecule has 0 bridgehead atoms. The number of anilines is 1. The summed E-state index contributed by atoms with van der Waals surface area (Å²) >= 11 is 6.30. The molecule has 0 saturated carbocycles. The van der Waals surface area contributed by atoms with E-state index in [-0.39, 0.29) is 21.6 Å². The summed E-state index contributed by atoms with van der Waals surface area (Å²) < 4.78 is 27.9. The average Bonchev–Trinajstić information content (AvgIpc) is 2.73. The van der Waals surface area contributed by atoms with Crippen LogP contribution in [0.4, 0.5) is 5.69 Å². The van der Waals surface area contributed by atoms with Crippen molar-refractivity contribution in [3.63, 3.8) is 0 Å². The van der Waals surface area contributed by atoms with E-state index < -0.39 is 22.5 Å². The Morgan fingerprint density at radius 2 is 1.48 bits per heavy atom. The third kappa shape index (κ3) is 5.46. The molecular weight excluding hydrogens is 432 g/mol. The first-order chi connectivity index (χ1) is 14.7. The van der Waals surface area contributed by atoms with Gasteiger partial charge in [-0.1, -0.05) is 71.3 Å². The lowest BCUT2D eigenvalue weighted by molar-refractivity contribution is -0.120. The number of nitrogens with zero attached hydrogens (tertiary/aromatic N) is 1. The van der Waals surface area contributed by atoms with Crippen LogP contribution in [0.1, 0.15) is 29.7 Å². The van der Waals surface area contributed by atoms with Crippen molar-refractivity contribution in [2.45, 2.75) is 31.7 Å². The van der Waals surface area contributed by atoms with Gasteiger partial charge in [0.1, 0.15) is 6.54 Å². The predicted molar refractivity (Wildman–Crippen MR) is 125 cm³/mol. The van der Waals surface area contributed by atoms with Crippen molar-refractivity contribution in [1.82, 2.24) is 5.32 Å². The SMILES string of the molecule is Cc1ccc(C(C)NC(=O)CN(c2ccccc2Cl)S(=O)(=O)c2ccc(C)cc2)cc1. The second kappa shape index (κ2) is 9.54. The maximum Gasteiger partial charge on any atom is 0.264 e. The molecule has 5 nitrogen and oxygen atoms in total. The molecule has 3 rings (SSSR count). The van der Waals surface area contributed by atoms with Gasteiger partial charge in [-0.3, -0.25) is 9.10 Å². The summed E-state index contributed by atoms with van der Waals surface area (Å²) in [6, 6.07) is 20.6. The lowest BCUT2D eigenvalue weighted by Gasteiger charge is -2.26. The number of sulfonamides is 1. The molecule has 0 radical (unpaired) electrons. The molecule has 3 aromatic carbocycles. The van der Waals surface area contributed by atoms with Gasteiger partial charge in [-0.05, 0) is 50.6 Å². The first-order valence-electron chi connectivity index (χ1n) is 9.88. The van der Waals surface area contributed by atoms with E-state index in [4.69, 9.17) is 11.6 Å². The van der Waals surface area contributed by atoms with Crippen LogP contribution in [-0.2, 0) is 14.8 Å². The molecular formula is C24H25ClN2O3S. The second-order valence-corrected chi connectivity index (χ2v) is 9.75. The van der Waals surface area contributed by atoms with Gasteiger partial charge in [0.15, 0.2) is 0 Å². The van der Waals surface area contributed by atoms with Crippen LogP contribution in [0, 0.1) is 13.8 Å². The Bertz CT molecular complexity index is 1160. The van der Waals surface area contributed by atoms with Gasteiger partial charge in [-0.25, -0.2) is 8.42 Å². The summed E-state index contributed by atoms with van der Waals surface area (Å²) in [6.07, 6.45) is 0. The zero-order valence-electron chi connectivity index (χ0n) is 17.7. The number of hydrogen-bond donors (Lipinski definition) is 1. The molecule has 0 saturated heterocycles. The fraction of sp³-hybridized carbons (Fsp3) is 0.208. The van der Waals surface area contributed by atoms with Crippen LogP contribution in [0.2, 0.25) is 5.02 Å². The largest absolute Gasteiger partial charge is 0.348 e. The maximum atomic E-state index is 13.4. The molecule has 1 N–H and O–H groups in total. The topological polar surface area (TPSA) is 66.5 Å². The van der Waals surface area contributed by atoms with Crippen molar-refractivity contribution < 1.29 is 13.2 Å². The number of hydrogen-bond acceptors (Lipinski definition) is 3. The number of para-hydroxylation sites is 1. The maximum absolute atomic E-state index is 13.4. The third-order valence-electron chi connectivity index (χ3n) is 4.97. The molecule has 31 heavy (non-hydrogen) atoms. The van der Waals surface area contributed by atoms with E-state index in [0.717, 1.165) is 21.0 Å². The number of rotatable bonds is 7. The van der Waals surface area contributed by atoms with Crippen molar-refractivity contribution in [1.29, 1.82) is 0 Å². The Balaban J connectivity index is 1.90. The first kappa shape index (κ1) is 22.8. The quantitative estimate of drug-likeness (QED) is 0.542. The summed E-state index contributed by atoms with van der Waals surface area (Å²) in [5.74, 6) is -0.427.